The van der Waals surface area contributed by atoms with Crippen LogP contribution in [-0.4, -0.2) is 38.6 Å². The van der Waals surface area contributed by atoms with Crippen LogP contribution in [0.3, 0.4) is 0 Å². The first-order valence-corrected chi connectivity index (χ1v) is 8.93. The van der Waals surface area contributed by atoms with E-state index in [4.69, 9.17) is 11.6 Å². The molecule has 0 aromatic carbocycles. The van der Waals surface area contributed by atoms with E-state index in [0.717, 1.165) is 24.5 Å². The number of hydrogen-bond donors (Lipinski definition) is 1. The average molecular weight is 311 g/mol. The predicted octanol–water partition coefficient (Wildman–Crippen LogP) is 2.16. The molecular formula is C11H19ClN2O2S2. The van der Waals surface area contributed by atoms with Gasteiger partial charge in [0.05, 0.1) is 11.3 Å². The number of sulfonamides is 1. The summed E-state index contributed by atoms with van der Waals surface area (Å²) in [5.74, 6) is 0. The van der Waals surface area contributed by atoms with Crippen LogP contribution >= 0.6 is 22.9 Å². The monoisotopic (exact) mass is 310 g/mol. The molecule has 0 bridgehead atoms. The maximum absolute atomic E-state index is 11.3. The Hall–Kier alpha value is -0.140. The van der Waals surface area contributed by atoms with Crippen molar-refractivity contribution in [1.82, 2.24) is 9.62 Å². The number of nitrogens with zero attached hydrogens (tertiary/aromatic N) is 1. The minimum absolute atomic E-state index is 0.527. The minimum atomic E-state index is -3.06. The van der Waals surface area contributed by atoms with E-state index in [2.05, 4.69) is 5.32 Å². The normalized spacial score (nSPS) is 12.2. The minimum Gasteiger partial charge on any atom is -0.312 e. The third kappa shape index (κ3) is 5.67. The second kappa shape index (κ2) is 7.45. The lowest BCUT2D eigenvalue weighted by molar-refractivity contribution is 0.419. The van der Waals surface area contributed by atoms with Crippen LogP contribution in [0.25, 0.3) is 0 Å². The summed E-state index contributed by atoms with van der Waals surface area (Å²) in [5, 5.41) is 5.95. The van der Waals surface area contributed by atoms with Crippen molar-refractivity contribution in [3.8, 4) is 0 Å². The molecule has 1 N–H and O–H groups in total. The zero-order valence-electron chi connectivity index (χ0n) is 10.6. The van der Waals surface area contributed by atoms with E-state index >= 15 is 0 Å². The smallest absolute Gasteiger partial charge is 0.211 e. The van der Waals surface area contributed by atoms with Gasteiger partial charge in [-0.1, -0.05) is 18.5 Å². The molecule has 0 aliphatic rings. The van der Waals surface area contributed by atoms with E-state index in [1.165, 1.54) is 15.4 Å². The van der Waals surface area contributed by atoms with Crippen LogP contribution in [0.5, 0.6) is 0 Å². The van der Waals surface area contributed by atoms with E-state index in [9.17, 15) is 8.42 Å². The standard InChI is InChI=1S/C11H19ClN2O2S2/c1-3-14(18(2,15)16)6-4-5-13-8-11-7-10(12)9-17-11/h7,9,13H,3-6,8H2,1-2H3. The predicted molar refractivity (Wildman–Crippen MR) is 77.7 cm³/mol. The van der Waals surface area contributed by atoms with Crippen molar-refractivity contribution in [2.75, 3.05) is 25.9 Å². The van der Waals surface area contributed by atoms with E-state index in [0.29, 0.717) is 13.1 Å². The van der Waals surface area contributed by atoms with Crippen LogP contribution in [0.15, 0.2) is 11.4 Å². The Balaban J connectivity index is 2.19. The fraction of sp³-hybridized carbons (Fsp3) is 0.636. The molecule has 0 fully saturated rings. The van der Waals surface area contributed by atoms with E-state index in [1.807, 2.05) is 18.4 Å². The van der Waals surface area contributed by atoms with Gasteiger partial charge in [-0.05, 0) is 19.0 Å². The number of halogens is 1. The van der Waals surface area contributed by atoms with E-state index < -0.39 is 10.0 Å². The average Bonchev–Trinajstić information content (AvgIpc) is 2.67. The summed E-state index contributed by atoms with van der Waals surface area (Å²) in [7, 11) is -3.06. The van der Waals surface area contributed by atoms with Gasteiger partial charge in [-0.2, -0.15) is 0 Å². The zero-order valence-corrected chi connectivity index (χ0v) is 13.0. The molecular weight excluding hydrogens is 292 g/mol. The highest BCUT2D eigenvalue weighted by Gasteiger charge is 2.12. The molecule has 0 saturated carbocycles. The van der Waals surface area contributed by atoms with Crippen molar-refractivity contribution in [1.29, 1.82) is 0 Å². The molecule has 0 unspecified atom stereocenters. The summed E-state index contributed by atoms with van der Waals surface area (Å²) in [5.41, 5.74) is 0. The molecule has 1 rings (SSSR count). The van der Waals surface area contributed by atoms with Gasteiger partial charge < -0.3 is 5.32 Å². The largest absolute Gasteiger partial charge is 0.312 e. The lowest BCUT2D eigenvalue weighted by Crippen LogP contribution is -2.32. The summed E-state index contributed by atoms with van der Waals surface area (Å²) in [6.45, 7) is 4.51. The van der Waals surface area contributed by atoms with E-state index in [1.54, 1.807) is 11.3 Å². The summed E-state index contributed by atoms with van der Waals surface area (Å²) >= 11 is 7.44. The Morgan fingerprint density at radius 3 is 2.72 bits per heavy atom. The van der Waals surface area contributed by atoms with Crippen molar-refractivity contribution >= 4 is 33.0 Å². The molecule has 0 saturated heterocycles. The van der Waals surface area contributed by atoms with Crippen molar-refractivity contribution in [2.45, 2.75) is 19.9 Å². The van der Waals surface area contributed by atoms with Gasteiger partial charge in [-0.15, -0.1) is 11.3 Å². The molecule has 0 radical (unpaired) electrons. The first-order valence-electron chi connectivity index (χ1n) is 5.82. The SMILES string of the molecule is CCN(CCCNCc1cc(Cl)cs1)S(C)(=O)=O. The van der Waals surface area contributed by atoms with Gasteiger partial charge in [0.2, 0.25) is 10.0 Å². The first-order chi connectivity index (χ1) is 8.43. The topological polar surface area (TPSA) is 49.4 Å². The highest BCUT2D eigenvalue weighted by Crippen LogP contribution is 2.18. The van der Waals surface area contributed by atoms with Gasteiger partial charge in [0.1, 0.15) is 0 Å². The van der Waals surface area contributed by atoms with Crippen LogP contribution in [-0.2, 0) is 16.6 Å². The second-order valence-corrected chi connectivity index (χ2v) is 7.43. The Labute approximate surface area is 118 Å². The highest BCUT2D eigenvalue weighted by atomic mass is 35.5. The third-order valence-electron chi connectivity index (χ3n) is 2.50. The van der Waals surface area contributed by atoms with Crippen molar-refractivity contribution in [2.24, 2.45) is 0 Å². The van der Waals surface area contributed by atoms with Gasteiger partial charge in [0.15, 0.2) is 0 Å². The van der Waals surface area contributed by atoms with Gasteiger partial charge >= 0.3 is 0 Å². The summed E-state index contributed by atoms with van der Waals surface area (Å²) in [4.78, 5) is 1.19. The lowest BCUT2D eigenvalue weighted by atomic mass is 10.4. The molecule has 1 aromatic heterocycles. The van der Waals surface area contributed by atoms with Gasteiger partial charge in [0, 0.05) is 29.9 Å². The Morgan fingerprint density at radius 2 is 2.22 bits per heavy atom. The van der Waals surface area contributed by atoms with Crippen LogP contribution in [0.4, 0.5) is 0 Å². The fourth-order valence-electron chi connectivity index (χ4n) is 1.60. The Kier molecular flexibility index (Phi) is 6.59. The van der Waals surface area contributed by atoms with Crippen LogP contribution < -0.4 is 5.32 Å². The molecule has 0 atom stereocenters. The van der Waals surface area contributed by atoms with Crippen LogP contribution in [0.1, 0.15) is 18.2 Å². The van der Waals surface area contributed by atoms with E-state index in [-0.39, 0.29) is 0 Å². The van der Waals surface area contributed by atoms with Crippen LogP contribution in [0.2, 0.25) is 5.02 Å². The third-order valence-corrected chi connectivity index (χ3v) is 5.17. The van der Waals surface area contributed by atoms with Gasteiger partial charge in [-0.3, -0.25) is 0 Å². The Bertz CT molecular complexity index is 459. The molecule has 104 valence electrons. The number of hydrogen-bond acceptors (Lipinski definition) is 4. The molecule has 4 nitrogen and oxygen atoms in total. The van der Waals surface area contributed by atoms with Crippen LogP contribution in [0, 0.1) is 0 Å². The molecule has 0 spiro atoms. The van der Waals surface area contributed by atoms with Gasteiger partial charge in [-0.25, -0.2) is 12.7 Å². The highest BCUT2D eigenvalue weighted by molar-refractivity contribution is 7.88. The zero-order chi connectivity index (χ0) is 13.6. The first kappa shape index (κ1) is 15.9. The molecule has 1 aromatic rings. The quantitative estimate of drug-likeness (QED) is 0.749. The summed E-state index contributed by atoms with van der Waals surface area (Å²) in [6.07, 6.45) is 2.05. The molecule has 0 aliphatic heterocycles. The number of thiophene rings is 1. The van der Waals surface area contributed by atoms with Gasteiger partial charge in [0.25, 0.3) is 0 Å². The number of rotatable bonds is 8. The Morgan fingerprint density at radius 1 is 1.50 bits per heavy atom. The molecule has 0 amide bonds. The molecule has 18 heavy (non-hydrogen) atoms. The summed E-state index contributed by atoms with van der Waals surface area (Å²) in [6, 6.07) is 1.94. The van der Waals surface area contributed by atoms with Crippen molar-refractivity contribution in [3.63, 3.8) is 0 Å². The molecule has 7 heteroatoms. The summed E-state index contributed by atoms with van der Waals surface area (Å²) < 4.78 is 24.2. The van der Waals surface area contributed by atoms with Crippen molar-refractivity contribution < 1.29 is 8.42 Å². The van der Waals surface area contributed by atoms with Crippen molar-refractivity contribution in [3.05, 3.63) is 21.3 Å². The molecule has 1 heterocycles. The maximum Gasteiger partial charge on any atom is 0.211 e. The number of nitrogens with one attached hydrogen (secondary N) is 1. The fourth-order valence-corrected chi connectivity index (χ4v) is 3.57. The lowest BCUT2D eigenvalue weighted by Gasteiger charge is -2.17. The maximum atomic E-state index is 11.3. The molecule has 0 aliphatic carbocycles. The second-order valence-electron chi connectivity index (χ2n) is 4.02.